The van der Waals surface area contributed by atoms with Crippen LogP contribution in [0.3, 0.4) is 0 Å². The second-order valence-electron chi connectivity index (χ2n) is 8.68. The molecule has 2 aliphatic rings. The molecule has 3 heterocycles. The van der Waals surface area contributed by atoms with E-state index in [0.717, 1.165) is 69.5 Å². The van der Waals surface area contributed by atoms with E-state index in [2.05, 4.69) is 16.6 Å². The summed E-state index contributed by atoms with van der Waals surface area (Å²) in [6.07, 6.45) is 7.77. The highest BCUT2D eigenvalue weighted by Gasteiger charge is 2.31. The van der Waals surface area contributed by atoms with Gasteiger partial charge in [0.2, 0.25) is 5.91 Å². The SMILES string of the molecule is Cc1nn(-c2ccccc2)cc1CCCNC(=O)[C@@H]1CCCN(C(=O)N2CCCC2)C1. The Kier molecular flexibility index (Phi) is 6.89. The summed E-state index contributed by atoms with van der Waals surface area (Å²) in [5, 5.41) is 7.71. The maximum atomic E-state index is 12.7. The van der Waals surface area contributed by atoms with Crippen LogP contribution in [0.5, 0.6) is 0 Å². The number of urea groups is 1. The number of amides is 3. The molecule has 7 nitrogen and oxygen atoms in total. The van der Waals surface area contributed by atoms with E-state index in [9.17, 15) is 9.59 Å². The van der Waals surface area contributed by atoms with Gasteiger partial charge in [-0.25, -0.2) is 9.48 Å². The van der Waals surface area contributed by atoms with Crippen LogP contribution in [0, 0.1) is 12.8 Å². The molecule has 3 amide bonds. The van der Waals surface area contributed by atoms with Gasteiger partial charge < -0.3 is 15.1 Å². The summed E-state index contributed by atoms with van der Waals surface area (Å²) in [4.78, 5) is 29.1. The summed E-state index contributed by atoms with van der Waals surface area (Å²) in [6.45, 7) is 5.69. The van der Waals surface area contributed by atoms with Gasteiger partial charge in [-0.3, -0.25) is 4.79 Å². The molecule has 7 heteroatoms. The molecule has 1 aromatic heterocycles. The van der Waals surface area contributed by atoms with Crippen molar-refractivity contribution in [2.24, 2.45) is 5.92 Å². The van der Waals surface area contributed by atoms with E-state index >= 15 is 0 Å². The summed E-state index contributed by atoms with van der Waals surface area (Å²) in [6, 6.07) is 10.2. The molecule has 2 saturated heterocycles. The molecule has 0 unspecified atom stereocenters. The third kappa shape index (κ3) is 5.27. The second kappa shape index (κ2) is 9.98. The zero-order chi connectivity index (χ0) is 21.6. The Morgan fingerprint density at radius 3 is 2.58 bits per heavy atom. The minimum atomic E-state index is -0.0946. The fraction of sp³-hybridized carbons (Fsp3) is 0.542. The predicted molar refractivity (Wildman–Crippen MR) is 120 cm³/mol. The highest BCUT2D eigenvalue weighted by molar-refractivity contribution is 5.81. The van der Waals surface area contributed by atoms with Crippen molar-refractivity contribution in [3.8, 4) is 5.69 Å². The average molecular weight is 424 g/mol. The van der Waals surface area contributed by atoms with Crippen molar-refractivity contribution in [1.29, 1.82) is 0 Å². The lowest BCUT2D eigenvalue weighted by molar-refractivity contribution is -0.126. The molecule has 4 rings (SSSR count). The number of benzene rings is 1. The molecule has 166 valence electrons. The largest absolute Gasteiger partial charge is 0.356 e. The molecule has 1 N–H and O–H groups in total. The number of carbonyl (C=O) groups excluding carboxylic acids is 2. The Morgan fingerprint density at radius 2 is 1.81 bits per heavy atom. The molecule has 2 aliphatic heterocycles. The number of likely N-dealkylation sites (tertiary alicyclic amines) is 2. The van der Waals surface area contributed by atoms with Crippen LogP contribution >= 0.6 is 0 Å². The van der Waals surface area contributed by atoms with Crippen LogP contribution in [0.1, 0.15) is 43.4 Å². The molecule has 1 aromatic carbocycles. The van der Waals surface area contributed by atoms with Crippen LogP contribution in [0.4, 0.5) is 4.79 Å². The zero-order valence-electron chi connectivity index (χ0n) is 18.4. The Morgan fingerprint density at radius 1 is 1.06 bits per heavy atom. The third-order valence-corrected chi connectivity index (χ3v) is 6.38. The summed E-state index contributed by atoms with van der Waals surface area (Å²) < 4.78 is 1.91. The first-order valence-electron chi connectivity index (χ1n) is 11.5. The normalized spacial score (nSPS) is 18.9. The Balaban J connectivity index is 1.22. The van der Waals surface area contributed by atoms with Gasteiger partial charge in [-0.15, -0.1) is 0 Å². The van der Waals surface area contributed by atoms with Gasteiger partial charge in [0.05, 0.1) is 17.3 Å². The molecule has 2 fully saturated rings. The number of carbonyl (C=O) groups is 2. The quantitative estimate of drug-likeness (QED) is 0.726. The molecule has 0 radical (unpaired) electrons. The highest BCUT2D eigenvalue weighted by atomic mass is 16.2. The van der Waals surface area contributed by atoms with Gasteiger partial charge in [0.15, 0.2) is 0 Å². The monoisotopic (exact) mass is 423 g/mol. The van der Waals surface area contributed by atoms with Crippen molar-refractivity contribution in [1.82, 2.24) is 24.9 Å². The van der Waals surface area contributed by atoms with Crippen molar-refractivity contribution in [3.63, 3.8) is 0 Å². The number of piperidine rings is 1. The molecule has 0 aliphatic carbocycles. The zero-order valence-corrected chi connectivity index (χ0v) is 18.4. The van der Waals surface area contributed by atoms with E-state index in [1.807, 2.05) is 51.7 Å². The van der Waals surface area contributed by atoms with Crippen LogP contribution in [-0.2, 0) is 11.2 Å². The van der Waals surface area contributed by atoms with Crippen molar-refractivity contribution < 1.29 is 9.59 Å². The number of hydrogen-bond donors (Lipinski definition) is 1. The van der Waals surface area contributed by atoms with Gasteiger partial charge in [-0.1, -0.05) is 18.2 Å². The first-order valence-corrected chi connectivity index (χ1v) is 11.5. The number of nitrogens with zero attached hydrogens (tertiary/aromatic N) is 4. The van der Waals surface area contributed by atoms with E-state index < -0.39 is 0 Å². The van der Waals surface area contributed by atoms with Crippen LogP contribution in [-0.4, -0.2) is 64.2 Å². The van der Waals surface area contributed by atoms with E-state index in [0.29, 0.717) is 13.1 Å². The fourth-order valence-corrected chi connectivity index (χ4v) is 4.56. The smallest absolute Gasteiger partial charge is 0.320 e. The van der Waals surface area contributed by atoms with Crippen LogP contribution in [0.2, 0.25) is 0 Å². The molecule has 0 saturated carbocycles. The van der Waals surface area contributed by atoms with Crippen molar-refractivity contribution in [2.75, 3.05) is 32.7 Å². The summed E-state index contributed by atoms with van der Waals surface area (Å²) in [5.41, 5.74) is 3.28. The minimum absolute atomic E-state index is 0.0793. The maximum Gasteiger partial charge on any atom is 0.320 e. The van der Waals surface area contributed by atoms with E-state index in [-0.39, 0.29) is 17.9 Å². The maximum absolute atomic E-state index is 12.7. The lowest BCUT2D eigenvalue weighted by Gasteiger charge is -2.34. The van der Waals surface area contributed by atoms with Crippen LogP contribution in [0.15, 0.2) is 36.5 Å². The lowest BCUT2D eigenvalue weighted by atomic mass is 9.97. The molecular weight excluding hydrogens is 390 g/mol. The van der Waals surface area contributed by atoms with Crippen LogP contribution < -0.4 is 5.32 Å². The van der Waals surface area contributed by atoms with Crippen molar-refractivity contribution in [2.45, 2.75) is 45.4 Å². The Hall–Kier alpha value is -2.83. The topological polar surface area (TPSA) is 70.5 Å². The summed E-state index contributed by atoms with van der Waals surface area (Å²) in [5.74, 6) is -0.0153. The minimum Gasteiger partial charge on any atom is -0.356 e. The van der Waals surface area contributed by atoms with E-state index in [1.165, 1.54) is 5.56 Å². The third-order valence-electron chi connectivity index (χ3n) is 6.38. The number of hydrogen-bond acceptors (Lipinski definition) is 3. The van der Waals surface area contributed by atoms with Gasteiger partial charge in [0.25, 0.3) is 0 Å². The first kappa shape index (κ1) is 21.4. The summed E-state index contributed by atoms with van der Waals surface area (Å²) >= 11 is 0. The molecule has 0 spiro atoms. The fourth-order valence-electron chi connectivity index (χ4n) is 4.56. The molecule has 0 bridgehead atoms. The van der Waals surface area contributed by atoms with Gasteiger partial charge >= 0.3 is 6.03 Å². The molecule has 2 aromatic rings. The van der Waals surface area contributed by atoms with Gasteiger partial charge in [-0.05, 0) is 63.1 Å². The average Bonchev–Trinajstić information content (AvgIpc) is 3.47. The Bertz CT molecular complexity index is 889. The van der Waals surface area contributed by atoms with E-state index in [1.54, 1.807) is 0 Å². The van der Waals surface area contributed by atoms with E-state index in [4.69, 9.17) is 0 Å². The van der Waals surface area contributed by atoms with Crippen LogP contribution in [0.25, 0.3) is 5.69 Å². The van der Waals surface area contributed by atoms with Gasteiger partial charge in [0.1, 0.15) is 0 Å². The molecule has 1 atom stereocenters. The second-order valence-corrected chi connectivity index (χ2v) is 8.68. The number of rotatable bonds is 6. The van der Waals surface area contributed by atoms with Crippen molar-refractivity contribution in [3.05, 3.63) is 47.8 Å². The predicted octanol–water partition coefficient (Wildman–Crippen LogP) is 3.16. The lowest BCUT2D eigenvalue weighted by Crippen LogP contribution is -2.49. The summed E-state index contributed by atoms with van der Waals surface area (Å²) in [7, 11) is 0. The Labute approximate surface area is 184 Å². The highest BCUT2D eigenvalue weighted by Crippen LogP contribution is 2.20. The molecular formula is C24H33N5O2. The molecule has 31 heavy (non-hydrogen) atoms. The standard InChI is InChI=1S/C24H33N5O2/c1-19-20(18-29(26-19)22-11-3-2-4-12-22)9-7-13-25-23(30)21-10-8-16-28(17-21)24(31)27-14-5-6-15-27/h2-4,11-12,18,21H,5-10,13-17H2,1H3,(H,25,30)/t21-/m1/s1. The number of aryl methyl sites for hydroxylation is 2. The number of nitrogens with one attached hydrogen (secondary N) is 1. The van der Waals surface area contributed by atoms with Gasteiger partial charge in [0, 0.05) is 38.9 Å². The number of para-hydroxylation sites is 1. The van der Waals surface area contributed by atoms with Crippen molar-refractivity contribution >= 4 is 11.9 Å². The first-order chi connectivity index (χ1) is 15.1. The van der Waals surface area contributed by atoms with Gasteiger partial charge in [-0.2, -0.15) is 5.10 Å². The number of aromatic nitrogens is 2.